The Morgan fingerprint density at radius 1 is 0.367 bits per heavy atom. The van der Waals surface area contributed by atoms with E-state index in [1.807, 2.05) is 0 Å². The quantitative estimate of drug-likeness (QED) is 0.0319. The van der Waals surface area contributed by atoms with E-state index >= 15 is 0 Å². The van der Waals surface area contributed by atoms with Gasteiger partial charge in [0.25, 0.3) is 0 Å². The van der Waals surface area contributed by atoms with Crippen LogP contribution in [0.25, 0.3) is 0 Å². The molecule has 0 aromatic carbocycles. The van der Waals surface area contributed by atoms with Crippen molar-refractivity contribution in [2.45, 2.75) is 234 Å². The Morgan fingerprint density at radius 2 is 0.592 bits per heavy atom. The number of hydrogen-bond donors (Lipinski definition) is 0. The zero-order valence-electron chi connectivity index (χ0n) is 33.4. The summed E-state index contributed by atoms with van der Waals surface area (Å²) in [4.78, 5) is 52.8. The third kappa shape index (κ3) is 28.5. The summed E-state index contributed by atoms with van der Waals surface area (Å²) < 4.78 is 16.4. The van der Waals surface area contributed by atoms with Crippen LogP contribution in [0.15, 0.2) is 0 Å². The fourth-order valence-corrected chi connectivity index (χ4v) is 6.03. The Kier molecular flexibility index (Phi) is 27.6. The summed E-state index contributed by atoms with van der Waals surface area (Å²) >= 11 is 0. The number of carbonyl (C=O) groups excluding carboxylic acids is 4. The molecule has 0 fully saturated rings. The van der Waals surface area contributed by atoms with Gasteiger partial charge in [0.2, 0.25) is 0 Å². The maximum absolute atomic E-state index is 13.3. The van der Waals surface area contributed by atoms with Crippen LogP contribution in [0.5, 0.6) is 0 Å². The molecule has 0 bridgehead atoms. The summed E-state index contributed by atoms with van der Waals surface area (Å²) in [6.45, 7) is 14.9. The average Bonchev–Trinajstić information content (AvgIpc) is 2.99. The lowest BCUT2D eigenvalue weighted by atomic mass is 9.98. The third-order valence-corrected chi connectivity index (χ3v) is 8.85. The van der Waals surface area contributed by atoms with Crippen molar-refractivity contribution in [1.82, 2.24) is 0 Å². The van der Waals surface area contributed by atoms with Gasteiger partial charge in [-0.2, -0.15) is 0 Å². The Morgan fingerprint density at radius 3 is 0.816 bits per heavy atom. The predicted molar refractivity (Wildman–Crippen MR) is 201 cm³/mol. The molecule has 0 amide bonds. The Bertz CT molecular complexity index is 797. The second kappa shape index (κ2) is 28.7. The van der Waals surface area contributed by atoms with Crippen LogP contribution >= 0.6 is 0 Å². The molecule has 2 atom stereocenters. The van der Waals surface area contributed by atoms with E-state index in [0.717, 1.165) is 38.5 Å². The first-order chi connectivity index (χ1) is 23.2. The second-order valence-electron chi connectivity index (χ2n) is 16.3. The maximum atomic E-state index is 13.3. The van der Waals surface area contributed by atoms with Crippen molar-refractivity contribution >= 4 is 23.9 Å². The summed E-state index contributed by atoms with van der Waals surface area (Å²) in [6, 6.07) is 0. The van der Waals surface area contributed by atoms with Crippen LogP contribution in [-0.4, -0.2) is 35.1 Å². The van der Waals surface area contributed by atoms with E-state index in [0.29, 0.717) is 12.8 Å². The van der Waals surface area contributed by atoms with Crippen molar-refractivity contribution < 1.29 is 33.4 Å². The second-order valence-corrected chi connectivity index (χ2v) is 16.3. The number of hydrogen-bond acceptors (Lipinski definition) is 7. The van der Waals surface area contributed by atoms with E-state index in [4.69, 9.17) is 14.2 Å². The molecular weight excluding hydrogens is 616 g/mol. The SMILES string of the molecule is CCCCCCCCCCCCCCC(C(=O)OC(=O)C(CCCCCCCCCCCCCC)C(=O)OC(C)(C)C)C(=O)OC(C)(C)C. The van der Waals surface area contributed by atoms with E-state index in [9.17, 15) is 19.2 Å². The van der Waals surface area contributed by atoms with Crippen LogP contribution in [0, 0.1) is 11.8 Å². The van der Waals surface area contributed by atoms with Crippen LogP contribution < -0.4 is 0 Å². The van der Waals surface area contributed by atoms with E-state index < -0.39 is 46.9 Å². The third-order valence-electron chi connectivity index (χ3n) is 8.85. The van der Waals surface area contributed by atoms with Crippen molar-refractivity contribution in [2.24, 2.45) is 11.8 Å². The molecule has 0 heterocycles. The largest absolute Gasteiger partial charge is 0.459 e. The van der Waals surface area contributed by atoms with Crippen molar-refractivity contribution in [3.8, 4) is 0 Å². The smallest absolute Gasteiger partial charge is 0.327 e. The lowest BCUT2D eigenvalue weighted by molar-refractivity contribution is -0.177. The minimum atomic E-state index is -1.21. The van der Waals surface area contributed by atoms with Gasteiger partial charge in [0.15, 0.2) is 11.8 Å². The van der Waals surface area contributed by atoms with Crippen molar-refractivity contribution in [3.05, 3.63) is 0 Å². The molecule has 0 saturated carbocycles. The van der Waals surface area contributed by atoms with Crippen molar-refractivity contribution in [1.29, 1.82) is 0 Å². The molecule has 288 valence electrons. The lowest BCUT2D eigenvalue weighted by Crippen LogP contribution is -2.38. The van der Waals surface area contributed by atoms with Gasteiger partial charge in [-0.05, 0) is 54.4 Å². The van der Waals surface area contributed by atoms with Gasteiger partial charge in [-0.3, -0.25) is 19.2 Å². The molecule has 0 spiro atoms. The molecule has 0 aromatic rings. The molecule has 0 aliphatic heterocycles. The molecule has 7 nitrogen and oxygen atoms in total. The van der Waals surface area contributed by atoms with Gasteiger partial charge in [0.1, 0.15) is 11.2 Å². The molecule has 0 radical (unpaired) electrons. The Labute approximate surface area is 302 Å². The molecule has 2 unspecified atom stereocenters. The van der Waals surface area contributed by atoms with Crippen LogP contribution in [0.1, 0.15) is 222 Å². The summed E-state index contributed by atoms with van der Waals surface area (Å²) in [5, 5.41) is 0. The number of rotatable bonds is 30. The number of carbonyl (C=O) groups is 4. The zero-order valence-corrected chi connectivity index (χ0v) is 33.4. The van der Waals surface area contributed by atoms with E-state index in [2.05, 4.69) is 13.8 Å². The highest BCUT2D eigenvalue weighted by molar-refractivity contribution is 6.03. The monoisotopic (exact) mass is 695 g/mol. The standard InChI is InChI=1S/C42H78O7/c1-9-11-13-15-17-19-21-23-25-27-29-31-33-35(39(45)48-41(3,4)5)37(43)47-38(44)36(40(46)49-42(6,7)8)34-32-30-28-26-24-22-20-18-16-14-12-10-2/h35-36H,9-34H2,1-8H3. The molecule has 0 N–H and O–H groups in total. The number of esters is 4. The molecule has 0 rings (SSSR count). The number of ether oxygens (including phenoxy) is 3. The zero-order chi connectivity index (χ0) is 37.0. The lowest BCUT2D eigenvalue weighted by Gasteiger charge is -2.24. The minimum absolute atomic E-state index is 0.244. The van der Waals surface area contributed by atoms with Crippen LogP contribution in [0.3, 0.4) is 0 Å². The first kappa shape index (κ1) is 47.1. The maximum Gasteiger partial charge on any atom is 0.327 e. The van der Waals surface area contributed by atoms with Gasteiger partial charge < -0.3 is 14.2 Å². The summed E-state index contributed by atoms with van der Waals surface area (Å²) in [5.41, 5.74) is -1.58. The minimum Gasteiger partial charge on any atom is -0.459 e. The van der Waals surface area contributed by atoms with E-state index in [-0.39, 0.29) is 12.8 Å². The highest BCUT2D eigenvalue weighted by atomic mass is 16.6. The Hall–Kier alpha value is -1.92. The van der Waals surface area contributed by atoms with E-state index in [1.54, 1.807) is 41.5 Å². The Balaban J connectivity index is 4.97. The molecule has 0 saturated heterocycles. The normalized spacial score (nSPS) is 13.1. The highest BCUT2D eigenvalue weighted by Crippen LogP contribution is 2.23. The van der Waals surface area contributed by atoms with Gasteiger partial charge in [-0.25, -0.2) is 0 Å². The average molecular weight is 695 g/mol. The van der Waals surface area contributed by atoms with E-state index in [1.165, 1.54) is 103 Å². The summed E-state index contributed by atoms with van der Waals surface area (Å²) in [6.07, 6.45) is 28.5. The van der Waals surface area contributed by atoms with Gasteiger partial charge in [-0.15, -0.1) is 0 Å². The number of unbranched alkanes of at least 4 members (excludes halogenated alkanes) is 22. The van der Waals surface area contributed by atoms with Crippen LogP contribution in [-0.2, 0) is 33.4 Å². The summed E-state index contributed by atoms with van der Waals surface area (Å²) in [5.74, 6) is -5.68. The van der Waals surface area contributed by atoms with Crippen LogP contribution in [0.4, 0.5) is 0 Å². The van der Waals surface area contributed by atoms with Crippen molar-refractivity contribution in [2.75, 3.05) is 0 Å². The van der Waals surface area contributed by atoms with Gasteiger partial charge in [0.05, 0.1) is 0 Å². The topological polar surface area (TPSA) is 96.0 Å². The molecule has 0 aliphatic rings. The first-order valence-electron chi connectivity index (χ1n) is 20.4. The van der Waals surface area contributed by atoms with Gasteiger partial charge >= 0.3 is 23.9 Å². The highest BCUT2D eigenvalue weighted by Gasteiger charge is 2.38. The predicted octanol–water partition coefficient (Wildman–Crippen LogP) is 12.2. The fourth-order valence-electron chi connectivity index (χ4n) is 6.03. The summed E-state index contributed by atoms with van der Waals surface area (Å²) in [7, 11) is 0. The van der Waals surface area contributed by atoms with Gasteiger partial charge in [0, 0.05) is 0 Å². The molecule has 0 aromatic heterocycles. The first-order valence-corrected chi connectivity index (χ1v) is 20.4. The fraction of sp³-hybridized carbons (Fsp3) is 0.905. The van der Waals surface area contributed by atoms with Crippen LogP contribution in [0.2, 0.25) is 0 Å². The van der Waals surface area contributed by atoms with Crippen molar-refractivity contribution in [3.63, 3.8) is 0 Å². The molecule has 7 heteroatoms. The molecule has 0 aliphatic carbocycles. The molecular formula is C42H78O7. The van der Waals surface area contributed by atoms with Gasteiger partial charge in [-0.1, -0.05) is 168 Å². The molecule has 49 heavy (non-hydrogen) atoms.